The molecule has 0 aliphatic carbocycles. The normalized spacial score (nSPS) is 10.9. The van der Waals surface area contributed by atoms with E-state index in [9.17, 15) is 0 Å². The van der Waals surface area contributed by atoms with E-state index in [2.05, 4.69) is 46.0 Å². The lowest BCUT2D eigenvalue weighted by atomic mass is 10.3. The average molecular weight is 239 g/mol. The van der Waals surface area contributed by atoms with Crippen LogP contribution in [0.1, 0.15) is 24.5 Å². The molecule has 80 valence electrons. The Labute approximate surface area is 97.4 Å². The van der Waals surface area contributed by atoms with E-state index >= 15 is 0 Å². The van der Waals surface area contributed by atoms with Gasteiger partial charge >= 0.3 is 0 Å². The Hall–Kier alpha value is -0.940. The average Bonchev–Trinajstić information content (AvgIpc) is 2.77. The van der Waals surface area contributed by atoms with Crippen molar-refractivity contribution in [1.29, 1.82) is 0 Å². The van der Waals surface area contributed by atoms with Crippen LogP contribution < -0.4 is 5.32 Å². The number of anilines is 1. The molecule has 0 fully saturated rings. The lowest BCUT2D eigenvalue weighted by molar-refractivity contribution is 0.892. The van der Waals surface area contributed by atoms with E-state index in [1.165, 1.54) is 16.4 Å². The first-order valence-corrected chi connectivity index (χ1v) is 6.51. The maximum Gasteiger partial charge on any atom is 0.202 e. The molecule has 0 atom stereocenters. The molecule has 15 heavy (non-hydrogen) atoms. The molecule has 0 saturated heterocycles. The van der Waals surface area contributed by atoms with Gasteiger partial charge in [0.25, 0.3) is 0 Å². The maximum atomic E-state index is 4.43. The third kappa shape index (κ3) is 3.00. The van der Waals surface area contributed by atoms with Gasteiger partial charge in [-0.3, -0.25) is 0 Å². The van der Waals surface area contributed by atoms with Crippen LogP contribution in [0.5, 0.6) is 0 Å². The van der Waals surface area contributed by atoms with E-state index in [-0.39, 0.29) is 0 Å². The van der Waals surface area contributed by atoms with Crippen molar-refractivity contribution in [3.05, 3.63) is 28.2 Å². The van der Waals surface area contributed by atoms with Crippen molar-refractivity contribution in [3.63, 3.8) is 0 Å². The predicted molar refractivity (Wildman–Crippen MR) is 65.8 cm³/mol. The summed E-state index contributed by atoms with van der Waals surface area (Å²) in [5, 5.41) is 6.24. The summed E-state index contributed by atoms with van der Waals surface area (Å²) in [5.41, 5.74) is 0. The van der Waals surface area contributed by atoms with E-state index in [4.69, 9.17) is 0 Å². The molecule has 0 aromatic carbocycles. The van der Waals surface area contributed by atoms with Crippen molar-refractivity contribution in [1.82, 2.24) is 9.36 Å². The van der Waals surface area contributed by atoms with Crippen molar-refractivity contribution in [3.8, 4) is 0 Å². The predicted octanol–water partition coefficient (Wildman–Crippen LogP) is 3.01. The van der Waals surface area contributed by atoms with Crippen molar-refractivity contribution >= 4 is 28.0 Å². The molecule has 2 aromatic rings. The number of nitrogens with one attached hydrogen (secondary N) is 1. The monoisotopic (exact) mass is 239 g/mol. The molecule has 0 aliphatic heterocycles. The van der Waals surface area contributed by atoms with Crippen molar-refractivity contribution in [2.45, 2.75) is 26.3 Å². The minimum atomic E-state index is 0.410. The molecule has 5 heteroatoms. The van der Waals surface area contributed by atoms with Crippen LogP contribution in [-0.4, -0.2) is 15.4 Å². The van der Waals surface area contributed by atoms with Gasteiger partial charge in [-0.15, -0.1) is 11.3 Å². The maximum absolute atomic E-state index is 4.43. The zero-order valence-electron chi connectivity index (χ0n) is 8.73. The summed E-state index contributed by atoms with van der Waals surface area (Å²) < 4.78 is 4.32. The van der Waals surface area contributed by atoms with Gasteiger partial charge < -0.3 is 5.32 Å². The third-order valence-corrected chi connectivity index (χ3v) is 3.35. The molecule has 0 bridgehead atoms. The van der Waals surface area contributed by atoms with E-state index in [0.717, 1.165) is 17.4 Å². The van der Waals surface area contributed by atoms with Gasteiger partial charge in [-0.1, -0.05) is 6.07 Å². The SMILES string of the molecule is CC(C)Nc1nc(Cc2cccs2)ns1. The smallest absolute Gasteiger partial charge is 0.202 e. The van der Waals surface area contributed by atoms with Crippen LogP contribution in [0.15, 0.2) is 17.5 Å². The molecule has 0 unspecified atom stereocenters. The molecule has 1 N–H and O–H groups in total. The highest BCUT2D eigenvalue weighted by Gasteiger charge is 2.06. The second kappa shape index (κ2) is 4.72. The Morgan fingerprint density at radius 2 is 2.33 bits per heavy atom. The van der Waals surface area contributed by atoms with Crippen LogP contribution in [0.4, 0.5) is 5.13 Å². The Bertz CT molecular complexity index is 406. The van der Waals surface area contributed by atoms with Gasteiger partial charge in [0.15, 0.2) is 0 Å². The number of hydrogen-bond donors (Lipinski definition) is 1. The summed E-state index contributed by atoms with van der Waals surface area (Å²) >= 11 is 3.18. The molecule has 0 aliphatic rings. The minimum Gasteiger partial charge on any atom is -0.358 e. The molecular weight excluding hydrogens is 226 g/mol. The fraction of sp³-hybridized carbons (Fsp3) is 0.400. The number of thiophene rings is 1. The molecular formula is C10H13N3S2. The first kappa shape index (κ1) is 10.6. The summed E-state index contributed by atoms with van der Waals surface area (Å²) in [5.74, 6) is 0.908. The highest BCUT2D eigenvalue weighted by molar-refractivity contribution is 7.10. The number of hydrogen-bond acceptors (Lipinski definition) is 5. The number of nitrogens with zero attached hydrogens (tertiary/aromatic N) is 2. The fourth-order valence-electron chi connectivity index (χ4n) is 1.20. The van der Waals surface area contributed by atoms with Crippen LogP contribution in [-0.2, 0) is 6.42 Å². The third-order valence-electron chi connectivity index (χ3n) is 1.79. The summed E-state index contributed by atoms with van der Waals surface area (Å²) in [6, 6.07) is 4.58. The summed E-state index contributed by atoms with van der Waals surface area (Å²) in [4.78, 5) is 5.74. The van der Waals surface area contributed by atoms with Crippen LogP contribution in [0.3, 0.4) is 0 Å². The largest absolute Gasteiger partial charge is 0.358 e. The first-order chi connectivity index (χ1) is 7.24. The summed E-state index contributed by atoms with van der Waals surface area (Å²) in [6.07, 6.45) is 0.841. The Morgan fingerprint density at radius 1 is 1.47 bits per heavy atom. The standard InChI is InChI=1S/C10H13N3S2/c1-7(2)11-10-12-9(13-15-10)6-8-4-3-5-14-8/h3-5,7H,6H2,1-2H3,(H,11,12,13). The second-order valence-corrected chi connectivity index (χ2v) is 5.36. The molecule has 2 heterocycles. The highest BCUT2D eigenvalue weighted by atomic mass is 32.1. The quantitative estimate of drug-likeness (QED) is 0.891. The van der Waals surface area contributed by atoms with Gasteiger partial charge in [-0.25, -0.2) is 4.98 Å². The van der Waals surface area contributed by atoms with E-state index in [0.29, 0.717) is 6.04 Å². The molecule has 0 amide bonds. The van der Waals surface area contributed by atoms with Crippen LogP contribution in [0, 0.1) is 0 Å². The van der Waals surface area contributed by atoms with Crippen molar-refractivity contribution in [2.75, 3.05) is 5.32 Å². The van der Waals surface area contributed by atoms with E-state index in [1.807, 2.05) is 0 Å². The number of aromatic nitrogens is 2. The van der Waals surface area contributed by atoms with Gasteiger partial charge in [-0.05, 0) is 25.3 Å². The lowest BCUT2D eigenvalue weighted by Crippen LogP contribution is -2.09. The molecule has 2 aromatic heterocycles. The topological polar surface area (TPSA) is 37.8 Å². The van der Waals surface area contributed by atoms with Gasteiger partial charge in [0, 0.05) is 28.9 Å². The Morgan fingerprint density at radius 3 is 3.00 bits per heavy atom. The summed E-state index contributed by atoms with van der Waals surface area (Å²) in [7, 11) is 0. The zero-order valence-corrected chi connectivity index (χ0v) is 10.4. The van der Waals surface area contributed by atoms with Gasteiger partial charge in [0.05, 0.1) is 0 Å². The summed E-state index contributed by atoms with van der Waals surface area (Å²) in [6.45, 7) is 4.20. The van der Waals surface area contributed by atoms with Crippen molar-refractivity contribution < 1.29 is 0 Å². The van der Waals surface area contributed by atoms with Gasteiger partial charge in [0.2, 0.25) is 5.13 Å². The molecule has 0 radical (unpaired) electrons. The van der Waals surface area contributed by atoms with Crippen LogP contribution in [0.2, 0.25) is 0 Å². The molecule has 0 spiro atoms. The number of rotatable bonds is 4. The molecule has 2 rings (SSSR count). The molecule has 3 nitrogen and oxygen atoms in total. The van der Waals surface area contributed by atoms with E-state index < -0.39 is 0 Å². The van der Waals surface area contributed by atoms with E-state index in [1.54, 1.807) is 11.3 Å². The van der Waals surface area contributed by atoms with Crippen LogP contribution in [0.25, 0.3) is 0 Å². The first-order valence-electron chi connectivity index (χ1n) is 4.85. The highest BCUT2D eigenvalue weighted by Crippen LogP contribution is 2.17. The Balaban J connectivity index is 2.01. The fourth-order valence-corrected chi connectivity index (χ4v) is 2.63. The molecule has 0 saturated carbocycles. The van der Waals surface area contributed by atoms with Gasteiger partial charge in [-0.2, -0.15) is 4.37 Å². The van der Waals surface area contributed by atoms with Gasteiger partial charge in [0.1, 0.15) is 5.82 Å². The van der Waals surface area contributed by atoms with Crippen LogP contribution >= 0.6 is 22.9 Å². The van der Waals surface area contributed by atoms with Crippen molar-refractivity contribution in [2.24, 2.45) is 0 Å². The lowest BCUT2D eigenvalue weighted by Gasteiger charge is -2.03. The second-order valence-electron chi connectivity index (χ2n) is 3.57. The zero-order chi connectivity index (χ0) is 10.7. The Kier molecular flexibility index (Phi) is 3.33. The minimum absolute atomic E-state index is 0.410.